The van der Waals surface area contributed by atoms with Gasteiger partial charge in [-0.25, -0.2) is 0 Å². The van der Waals surface area contributed by atoms with Gasteiger partial charge < -0.3 is 10.1 Å². The Hall–Kier alpha value is -0.440. The second-order valence-electron chi connectivity index (χ2n) is 3.64. The van der Waals surface area contributed by atoms with Gasteiger partial charge in [0.15, 0.2) is 0 Å². The molecule has 2 nitrogen and oxygen atoms in total. The number of hydrogen-bond acceptors (Lipinski definition) is 2. The van der Waals surface area contributed by atoms with E-state index in [1.807, 2.05) is 12.1 Å². The third-order valence-corrected chi connectivity index (χ3v) is 3.22. The van der Waals surface area contributed by atoms with E-state index in [9.17, 15) is 0 Å². The van der Waals surface area contributed by atoms with Crippen LogP contribution in [0.5, 0.6) is 0 Å². The van der Waals surface area contributed by atoms with Gasteiger partial charge in [0.05, 0.1) is 16.1 Å². The molecule has 1 heterocycles. The molecule has 1 aliphatic rings. The zero-order valence-electron chi connectivity index (χ0n) is 8.30. The summed E-state index contributed by atoms with van der Waals surface area (Å²) in [6, 6.07) is 5.55. The number of rotatable bonds is 3. The van der Waals surface area contributed by atoms with Gasteiger partial charge in [-0.3, -0.25) is 0 Å². The van der Waals surface area contributed by atoms with E-state index in [2.05, 4.69) is 5.32 Å². The zero-order valence-corrected chi connectivity index (χ0v) is 9.81. The van der Waals surface area contributed by atoms with Crippen LogP contribution in [0, 0.1) is 0 Å². The summed E-state index contributed by atoms with van der Waals surface area (Å²) in [5.74, 6) is 0. The Morgan fingerprint density at radius 2 is 2.20 bits per heavy atom. The van der Waals surface area contributed by atoms with E-state index in [0.717, 1.165) is 31.7 Å². The molecule has 1 unspecified atom stereocenters. The van der Waals surface area contributed by atoms with Gasteiger partial charge in [-0.2, -0.15) is 0 Å². The standard InChI is InChI=1S/C11H13Cl2NO/c12-10-4-3-8(6-11(10)13)14-7-9-2-1-5-15-9/h3-4,6,9,14H,1-2,5,7H2. The average Bonchev–Trinajstić information content (AvgIpc) is 2.73. The van der Waals surface area contributed by atoms with Gasteiger partial charge in [0.1, 0.15) is 0 Å². The van der Waals surface area contributed by atoms with Crippen LogP contribution in [0.4, 0.5) is 5.69 Å². The Bertz CT molecular complexity index is 337. The van der Waals surface area contributed by atoms with Crippen molar-refractivity contribution < 1.29 is 4.74 Å². The number of ether oxygens (including phenoxy) is 1. The molecule has 1 fully saturated rings. The molecule has 1 aromatic rings. The molecule has 0 aliphatic carbocycles. The molecule has 0 amide bonds. The molecule has 1 aliphatic heterocycles. The van der Waals surface area contributed by atoms with Crippen molar-refractivity contribution in [3.63, 3.8) is 0 Å². The fourth-order valence-electron chi connectivity index (χ4n) is 1.64. The third kappa shape index (κ3) is 3.00. The number of hydrogen-bond donors (Lipinski definition) is 1. The molecule has 1 N–H and O–H groups in total. The van der Waals surface area contributed by atoms with Crippen molar-refractivity contribution in [3.8, 4) is 0 Å². The summed E-state index contributed by atoms with van der Waals surface area (Å²) < 4.78 is 5.51. The molecule has 0 saturated carbocycles. The maximum Gasteiger partial charge on any atom is 0.0748 e. The summed E-state index contributed by atoms with van der Waals surface area (Å²) >= 11 is 11.7. The summed E-state index contributed by atoms with van der Waals surface area (Å²) in [5, 5.41) is 4.45. The minimum atomic E-state index is 0.333. The second-order valence-corrected chi connectivity index (χ2v) is 4.46. The van der Waals surface area contributed by atoms with E-state index in [1.165, 1.54) is 0 Å². The largest absolute Gasteiger partial charge is 0.382 e. The first-order valence-electron chi connectivity index (χ1n) is 5.06. The highest BCUT2D eigenvalue weighted by molar-refractivity contribution is 6.42. The molecule has 2 rings (SSSR count). The lowest BCUT2D eigenvalue weighted by Gasteiger charge is -2.12. The van der Waals surface area contributed by atoms with Crippen LogP contribution in [-0.2, 0) is 4.74 Å². The van der Waals surface area contributed by atoms with Crippen LogP contribution in [0.15, 0.2) is 18.2 Å². The highest BCUT2D eigenvalue weighted by Gasteiger charge is 2.14. The summed E-state index contributed by atoms with van der Waals surface area (Å²) in [5.41, 5.74) is 0.986. The molecular weight excluding hydrogens is 233 g/mol. The van der Waals surface area contributed by atoms with E-state index >= 15 is 0 Å². The van der Waals surface area contributed by atoms with E-state index < -0.39 is 0 Å². The van der Waals surface area contributed by atoms with Crippen LogP contribution in [0.25, 0.3) is 0 Å². The zero-order chi connectivity index (χ0) is 10.7. The molecule has 1 saturated heterocycles. The first kappa shape index (κ1) is 11.1. The SMILES string of the molecule is Clc1ccc(NCC2CCCO2)cc1Cl. The maximum atomic E-state index is 5.91. The van der Waals surface area contributed by atoms with Crippen molar-refractivity contribution in [2.45, 2.75) is 18.9 Å². The summed E-state index contributed by atoms with van der Waals surface area (Å²) in [4.78, 5) is 0. The Morgan fingerprint density at radius 3 is 2.87 bits per heavy atom. The van der Waals surface area contributed by atoms with Crippen molar-refractivity contribution >= 4 is 28.9 Å². The number of benzene rings is 1. The first-order chi connectivity index (χ1) is 7.25. The van der Waals surface area contributed by atoms with E-state index in [-0.39, 0.29) is 0 Å². The Morgan fingerprint density at radius 1 is 1.33 bits per heavy atom. The Balaban J connectivity index is 1.90. The predicted octanol–water partition coefficient (Wildman–Crippen LogP) is 3.58. The minimum absolute atomic E-state index is 0.333. The summed E-state index contributed by atoms with van der Waals surface area (Å²) in [6.45, 7) is 1.71. The molecule has 4 heteroatoms. The highest BCUT2D eigenvalue weighted by Crippen LogP contribution is 2.25. The van der Waals surface area contributed by atoms with Gasteiger partial charge in [0.2, 0.25) is 0 Å². The summed E-state index contributed by atoms with van der Waals surface area (Å²) in [7, 11) is 0. The normalized spacial score (nSPS) is 20.5. The maximum absolute atomic E-state index is 5.91. The van der Waals surface area contributed by atoms with Crippen LogP contribution in [0.2, 0.25) is 10.0 Å². The van der Waals surface area contributed by atoms with Gasteiger partial charge in [-0.05, 0) is 31.0 Å². The van der Waals surface area contributed by atoms with E-state index in [4.69, 9.17) is 27.9 Å². The Kier molecular flexibility index (Phi) is 3.73. The van der Waals surface area contributed by atoms with Crippen LogP contribution in [0.3, 0.4) is 0 Å². The van der Waals surface area contributed by atoms with Crippen molar-refractivity contribution in [1.82, 2.24) is 0 Å². The molecule has 0 bridgehead atoms. The van der Waals surface area contributed by atoms with Gasteiger partial charge in [0.25, 0.3) is 0 Å². The molecular formula is C11H13Cl2NO. The molecule has 0 radical (unpaired) electrons. The molecule has 1 aromatic carbocycles. The van der Waals surface area contributed by atoms with E-state index in [0.29, 0.717) is 16.1 Å². The van der Waals surface area contributed by atoms with Crippen molar-refractivity contribution in [1.29, 1.82) is 0 Å². The second kappa shape index (κ2) is 5.06. The number of halogens is 2. The van der Waals surface area contributed by atoms with Crippen LogP contribution in [-0.4, -0.2) is 19.3 Å². The van der Waals surface area contributed by atoms with Crippen LogP contribution < -0.4 is 5.32 Å². The quantitative estimate of drug-likeness (QED) is 0.879. The fourth-order valence-corrected chi connectivity index (χ4v) is 1.94. The molecule has 0 spiro atoms. The molecule has 1 atom stereocenters. The number of nitrogens with one attached hydrogen (secondary N) is 1. The topological polar surface area (TPSA) is 21.3 Å². The monoisotopic (exact) mass is 245 g/mol. The van der Waals surface area contributed by atoms with Gasteiger partial charge in [0, 0.05) is 18.8 Å². The predicted molar refractivity (Wildman–Crippen MR) is 63.9 cm³/mol. The Labute approximate surface area is 99.5 Å². The molecule has 0 aromatic heterocycles. The van der Waals surface area contributed by atoms with Crippen molar-refractivity contribution in [2.24, 2.45) is 0 Å². The highest BCUT2D eigenvalue weighted by atomic mass is 35.5. The fraction of sp³-hybridized carbons (Fsp3) is 0.455. The molecule has 15 heavy (non-hydrogen) atoms. The van der Waals surface area contributed by atoms with Gasteiger partial charge in [-0.1, -0.05) is 23.2 Å². The lowest BCUT2D eigenvalue weighted by Crippen LogP contribution is -2.18. The lowest BCUT2D eigenvalue weighted by molar-refractivity contribution is 0.120. The van der Waals surface area contributed by atoms with Crippen LogP contribution in [0.1, 0.15) is 12.8 Å². The smallest absolute Gasteiger partial charge is 0.0748 e. The average molecular weight is 246 g/mol. The third-order valence-electron chi connectivity index (χ3n) is 2.48. The molecule has 82 valence electrons. The van der Waals surface area contributed by atoms with E-state index in [1.54, 1.807) is 6.07 Å². The van der Waals surface area contributed by atoms with Gasteiger partial charge >= 0.3 is 0 Å². The minimum Gasteiger partial charge on any atom is -0.382 e. The first-order valence-corrected chi connectivity index (χ1v) is 5.82. The van der Waals surface area contributed by atoms with Crippen molar-refractivity contribution in [3.05, 3.63) is 28.2 Å². The number of anilines is 1. The van der Waals surface area contributed by atoms with Gasteiger partial charge in [-0.15, -0.1) is 0 Å². The van der Waals surface area contributed by atoms with Crippen LogP contribution >= 0.6 is 23.2 Å². The lowest BCUT2D eigenvalue weighted by atomic mass is 10.2. The summed E-state index contributed by atoms with van der Waals surface area (Å²) in [6.07, 6.45) is 2.63. The van der Waals surface area contributed by atoms with Crippen molar-refractivity contribution in [2.75, 3.05) is 18.5 Å².